The van der Waals surface area contributed by atoms with Gasteiger partial charge in [-0.2, -0.15) is 4.91 Å². The Hall–Kier alpha value is -3.28. The van der Waals surface area contributed by atoms with E-state index >= 15 is 0 Å². The normalized spacial score (nSPS) is 10.4. The lowest BCUT2D eigenvalue weighted by molar-refractivity contribution is 0.0601. The van der Waals surface area contributed by atoms with Gasteiger partial charge in [-0.3, -0.25) is 0 Å². The van der Waals surface area contributed by atoms with E-state index in [-0.39, 0.29) is 6.54 Å². The van der Waals surface area contributed by atoms with Gasteiger partial charge in [0.15, 0.2) is 5.76 Å². The Kier molecular flexibility index (Phi) is 4.47. The second-order valence-electron chi connectivity index (χ2n) is 5.06. The van der Waals surface area contributed by atoms with Crippen LogP contribution in [0.15, 0.2) is 64.3 Å². The highest BCUT2D eigenvalue weighted by Gasteiger charge is 2.20. The Labute approximate surface area is 138 Å². The predicted octanol–water partition coefficient (Wildman–Crippen LogP) is 4.06. The van der Waals surface area contributed by atoms with Crippen molar-refractivity contribution in [3.05, 3.63) is 70.6 Å². The quantitative estimate of drug-likeness (QED) is 0.522. The monoisotopic (exact) mass is 322 g/mol. The van der Waals surface area contributed by atoms with Crippen molar-refractivity contribution in [2.75, 3.05) is 7.11 Å². The summed E-state index contributed by atoms with van der Waals surface area (Å²) < 4.78 is 10.2. The molecule has 0 spiro atoms. The van der Waals surface area contributed by atoms with E-state index in [1.54, 1.807) is 24.3 Å². The molecule has 0 fully saturated rings. The first-order valence-electron chi connectivity index (χ1n) is 7.26. The first kappa shape index (κ1) is 15.6. The van der Waals surface area contributed by atoms with Gasteiger partial charge in [0.05, 0.1) is 18.2 Å². The molecule has 0 saturated heterocycles. The third-order valence-corrected chi connectivity index (χ3v) is 3.60. The lowest BCUT2D eigenvalue weighted by Crippen LogP contribution is -2.01. The van der Waals surface area contributed by atoms with E-state index < -0.39 is 5.97 Å². The van der Waals surface area contributed by atoms with Crippen LogP contribution in [-0.4, -0.2) is 18.2 Å². The summed E-state index contributed by atoms with van der Waals surface area (Å²) in [7, 11) is 1.32. The smallest absolute Gasteiger partial charge is 0.337 e. The van der Waals surface area contributed by atoms with Gasteiger partial charge in [0, 0.05) is 11.1 Å². The highest BCUT2D eigenvalue weighted by molar-refractivity contribution is 5.91. The minimum atomic E-state index is -0.446. The number of aromatic nitrogens is 1. The van der Waals surface area contributed by atoms with E-state index in [9.17, 15) is 9.70 Å². The highest BCUT2D eigenvalue weighted by atomic mass is 16.5. The zero-order chi connectivity index (χ0) is 16.9. The number of hydrogen-bond acceptors (Lipinski definition) is 6. The number of benzene rings is 2. The fourth-order valence-corrected chi connectivity index (χ4v) is 2.47. The first-order valence-corrected chi connectivity index (χ1v) is 7.26. The first-order chi connectivity index (χ1) is 11.7. The molecule has 24 heavy (non-hydrogen) atoms. The van der Waals surface area contributed by atoms with Crippen molar-refractivity contribution in [3.63, 3.8) is 0 Å². The van der Waals surface area contributed by atoms with E-state index in [4.69, 9.17) is 9.26 Å². The van der Waals surface area contributed by atoms with Crippen LogP contribution >= 0.6 is 0 Å². The van der Waals surface area contributed by atoms with Gasteiger partial charge in [-0.1, -0.05) is 52.8 Å². The van der Waals surface area contributed by atoms with Gasteiger partial charge in [-0.05, 0) is 12.1 Å². The Morgan fingerprint density at radius 1 is 1.12 bits per heavy atom. The maximum atomic E-state index is 11.7. The number of nitrogens with zero attached hydrogens (tertiary/aromatic N) is 2. The molecule has 1 aromatic heterocycles. The van der Waals surface area contributed by atoms with Crippen LogP contribution < -0.4 is 0 Å². The molecule has 0 atom stereocenters. The van der Waals surface area contributed by atoms with E-state index in [1.807, 2.05) is 30.3 Å². The summed E-state index contributed by atoms with van der Waals surface area (Å²) >= 11 is 0. The molecule has 0 saturated carbocycles. The summed E-state index contributed by atoms with van der Waals surface area (Å²) in [6, 6.07) is 16.1. The number of nitroso groups, excluding NO2 is 1. The van der Waals surface area contributed by atoms with Crippen LogP contribution in [0, 0.1) is 4.91 Å². The summed E-state index contributed by atoms with van der Waals surface area (Å²) in [4.78, 5) is 22.6. The number of carbonyl (C=O) groups excluding carboxylic acids is 1. The van der Waals surface area contributed by atoms with Crippen LogP contribution in [0.5, 0.6) is 0 Å². The summed E-state index contributed by atoms with van der Waals surface area (Å²) in [6.07, 6.45) is 0. The van der Waals surface area contributed by atoms with Crippen LogP contribution in [0.3, 0.4) is 0 Å². The second kappa shape index (κ2) is 6.87. The molecular weight excluding hydrogens is 308 g/mol. The average Bonchev–Trinajstić information content (AvgIpc) is 3.06. The number of rotatable bonds is 5. The maximum absolute atomic E-state index is 11.7. The van der Waals surface area contributed by atoms with E-state index in [1.165, 1.54) is 7.11 Å². The Morgan fingerprint density at radius 2 is 1.88 bits per heavy atom. The van der Waals surface area contributed by atoms with E-state index in [0.29, 0.717) is 28.1 Å². The van der Waals surface area contributed by atoms with Gasteiger partial charge in [-0.15, -0.1) is 0 Å². The molecule has 6 heteroatoms. The minimum Gasteiger partial charge on any atom is -0.465 e. The third-order valence-electron chi connectivity index (χ3n) is 3.60. The van der Waals surface area contributed by atoms with Crippen molar-refractivity contribution < 1.29 is 14.1 Å². The van der Waals surface area contributed by atoms with Crippen molar-refractivity contribution in [3.8, 4) is 22.6 Å². The molecule has 0 aliphatic heterocycles. The third kappa shape index (κ3) is 2.94. The molecular formula is C18H14N2O4. The Balaban J connectivity index is 2.10. The van der Waals surface area contributed by atoms with Crippen molar-refractivity contribution in [2.24, 2.45) is 5.18 Å². The van der Waals surface area contributed by atoms with Crippen LogP contribution in [-0.2, 0) is 11.3 Å². The molecule has 0 aliphatic carbocycles. The van der Waals surface area contributed by atoms with E-state index in [0.717, 1.165) is 5.56 Å². The lowest BCUT2D eigenvalue weighted by atomic mass is 10.0. The van der Waals surface area contributed by atoms with Crippen molar-refractivity contribution in [1.82, 2.24) is 5.16 Å². The minimum absolute atomic E-state index is 0.0779. The number of methoxy groups -OCH3 is 1. The summed E-state index contributed by atoms with van der Waals surface area (Å²) in [5.41, 5.74) is 2.92. The maximum Gasteiger partial charge on any atom is 0.337 e. The largest absolute Gasteiger partial charge is 0.465 e. The number of hydrogen-bond donors (Lipinski definition) is 0. The Morgan fingerprint density at radius 3 is 2.58 bits per heavy atom. The molecule has 0 bridgehead atoms. The summed E-state index contributed by atoms with van der Waals surface area (Å²) in [5.74, 6) is 0.0485. The van der Waals surface area contributed by atoms with E-state index in [2.05, 4.69) is 10.3 Å². The fraction of sp³-hybridized carbons (Fsp3) is 0.111. The van der Waals surface area contributed by atoms with Crippen LogP contribution in [0.1, 0.15) is 15.9 Å². The molecule has 0 amide bonds. The average molecular weight is 322 g/mol. The Bertz CT molecular complexity index is 872. The molecule has 2 aromatic carbocycles. The summed E-state index contributed by atoms with van der Waals surface area (Å²) in [5, 5.41) is 7.06. The molecule has 1 heterocycles. The van der Waals surface area contributed by atoms with Crippen molar-refractivity contribution in [2.45, 2.75) is 6.54 Å². The molecule has 3 aromatic rings. The van der Waals surface area contributed by atoms with Gasteiger partial charge < -0.3 is 9.26 Å². The topological polar surface area (TPSA) is 81.8 Å². The molecule has 3 rings (SSSR count). The van der Waals surface area contributed by atoms with Crippen LogP contribution in [0.2, 0.25) is 0 Å². The van der Waals surface area contributed by atoms with Gasteiger partial charge in [0.2, 0.25) is 0 Å². The number of esters is 1. The van der Waals surface area contributed by atoms with Gasteiger partial charge in [-0.25, -0.2) is 4.79 Å². The lowest BCUT2D eigenvalue weighted by Gasteiger charge is -2.03. The molecule has 0 aliphatic rings. The second-order valence-corrected chi connectivity index (χ2v) is 5.06. The van der Waals surface area contributed by atoms with Gasteiger partial charge in [0.1, 0.15) is 12.2 Å². The zero-order valence-electron chi connectivity index (χ0n) is 12.9. The molecule has 120 valence electrons. The number of ether oxygens (including phenoxy) is 1. The SMILES string of the molecule is COC(=O)c1cccc(-c2noc(-c3ccccc3)c2CN=O)c1. The summed E-state index contributed by atoms with van der Waals surface area (Å²) in [6.45, 7) is -0.0779. The highest BCUT2D eigenvalue weighted by Crippen LogP contribution is 2.33. The molecule has 0 unspecified atom stereocenters. The fourth-order valence-electron chi connectivity index (χ4n) is 2.47. The molecule has 0 N–H and O–H groups in total. The van der Waals surface area contributed by atoms with Crippen molar-refractivity contribution in [1.29, 1.82) is 0 Å². The van der Waals surface area contributed by atoms with Crippen LogP contribution in [0.25, 0.3) is 22.6 Å². The molecule has 6 nitrogen and oxygen atoms in total. The standard InChI is InChI=1S/C18H14N2O4/c1-23-18(21)14-9-5-8-13(10-14)16-15(11-19-22)17(24-20-16)12-6-3-2-4-7-12/h2-10H,11H2,1H3. The van der Waals surface area contributed by atoms with Crippen LogP contribution in [0.4, 0.5) is 0 Å². The molecule has 0 radical (unpaired) electrons. The number of carbonyl (C=O) groups is 1. The zero-order valence-corrected chi connectivity index (χ0v) is 12.9. The van der Waals surface area contributed by atoms with Gasteiger partial charge in [0.25, 0.3) is 0 Å². The van der Waals surface area contributed by atoms with Gasteiger partial charge >= 0.3 is 5.97 Å². The predicted molar refractivity (Wildman–Crippen MR) is 88.2 cm³/mol. The van der Waals surface area contributed by atoms with Crippen molar-refractivity contribution >= 4 is 5.97 Å².